The zero-order chi connectivity index (χ0) is 13.8. The molecule has 0 radical (unpaired) electrons. The number of carboxylic acids is 1. The summed E-state index contributed by atoms with van der Waals surface area (Å²) in [5.74, 6) is -0.910. The van der Waals surface area contributed by atoms with Crippen molar-refractivity contribution in [1.82, 2.24) is 0 Å². The van der Waals surface area contributed by atoms with Crippen LogP contribution in [0.25, 0.3) is 0 Å². The lowest BCUT2D eigenvalue weighted by Gasteiger charge is -2.13. The van der Waals surface area contributed by atoms with Crippen LogP contribution in [0.2, 0.25) is 10.0 Å². The van der Waals surface area contributed by atoms with Crippen LogP contribution in [0, 0.1) is 0 Å². The number of halogens is 2. The molecule has 1 N–H and O–H groups in total. The number of thioether (sulfide) groups is 1. The van der Waals surface area contributed by atoms with Gasteiger partial charge < -0.3 is 5.11 Å². The van der Waals surface area contributed by atoms with Gasteiger partial charge in [-0.2, -0.15) is 0 Å². The fourth-order valence-corrected chi connectivity index (χ4v) is 2.85. The van der Waals surface area contributed by atoms with Gasteiger partial charge in [0.05, 0.1) is 10.0 Å². The molecule has 0 aliphatic rings. The summed E-state index contributed by atoms with van der Waals surface area (Å²) >= 11 is 13.0. The summed E-state index contributed by atoms with van der Waals surface area (Å²) in [7, 11) is 0. The van der Waals surface area contributed by atoms with Gasteiger partial charge in [-0.05, 0) is 29.8 Å². The van der Waals surface area contributed by atoms with Gasteiger partial charge in [0.2, 0.25) is 0 Å². The van der Waals surface area contributed by atoms with Crippen molar-refractivity contribution in [1.29, 1.82) is 0 Å². The van der Waals surface area contributed by atoms with Gasteiger partial charge in [-0.25, -0.2) is 0 Å². The summed E-state index contributed by atoms with van der Waals surface area (Å²) in [6.45, 7) is 0. The number of benzene rings is 2. The Hall–Kier alpha value is -1.16. The Morgan fingerprint density at radius 3 is 2.32 bits per heavy atom. The Bertz CT molecular complexity index is 587. The lowest BCUT2D eigenvalue weighted by molar-refractivity contribution is -0.136. The van der Waals surface area contributed by atoms with Crippen LogP contribution in [0.3, 0.4) is 0 Å². The highest BCUT2D eigenvalue weighted by Gasteiger charge is 2.21. The molecule has 2 aromatic rings. The van der Waals surface area contributed by atoms with Crippen LogP contribution in [-0.4, -0.2) is 11.1 Å². The molecule has 5 heteroatoms. The predicted molar refractivity (Wildman–Crippen MR) is 79.1 cm³/mol. The standard InChI is InChI=1S/C14H10Cl2O2S/c15-11-7-6-9(8-12(11)16)13(14(17)18)19-10-4-2-1-3-5-10/h1-8,13H,(H,17,18). The number of aliphatic carboxylic acids is 1. The highest BCUT2D eigenvalue weighted by atomic mass is 35.5. The van der Waals surface area contributed by atoms with E-state index in [-0.39, 0.29) is 0 Å². The molecule has 1 unspecified atom stereocenters. The van der Waals surface area contributed by atoms with Crippen LogP contribution >= 0.6 is 35.0 Å². The average molecular weight is 313 g/mol. The van der Waals surface area contributed by atoms with Crippen LogP contribution in [0.5, 0.6) is 0 Å². The molecule has 0 aromatic heterocycles. The van der Waals surface area contributed by atoms with Crippen LogP contribution < -0.4 is 0 Å². The zero-order valence-corrected chi connectivity index (χ0v) is 12.0. The van der Waals surface area contributed by atoms with Crippen molar-refractivity contribution < 1.29 is 9.90 Å². The Labute approximate surface area is 125 Å². The number of rotatable bonds is 4. The summed E-state index contributed by atoms with van der Waals surface area (Å²) in [5, 5.41) is 9.42. The minimum absolute atomic E-state index is 0.360. The fourth-order valence-electron chi connectivity index (χ4n) is 1.57. The summed E-state index contributed by atoms with van der Waals surface area (Å²) in [4.78, 5) is 12.3. The Kier molecular flexibility index (Phi) is 4.75. The SMILES string of the molecule is O=C(O)C(Sc1ccccc1)c1ccc(Cl)c(Cl)c1. The van der Waals surface area contributed by atoms with Crippen molar-refractivity contribution in [2.24, 2.45) is 0 Å². The van der Waals surface area contributed by atoms with E-state index in [0.29, 0.717) is 15.6 Å². The van der Waals surface area contributed by atoms with Crippen molar-refractivity contribution in [3.8, 4) is 0 Å². The molecule has 0 saturated heterocycles. The van der Waals surface area contributed by atoms with E-state index in [4.69, 9.17) is 23.2 Å². The molecule has 19 heavy (non-hydrogen) atoms. The molecular weight excluding hydrogens is 303 g/mol. The first-order valence-electron chi connectivity index (χ1n) is 5.47. The summed E-state index contributed by atoms with van der Waals surface area (Å²) < 4.78 is 0. The molecule has 98 valence electrons. The second-order valence-corrected chi connectivity index (χ2v) is 5.82. The van der Waals surface area contributed by atoms with Crippen LogP contribution in [0.4, 0.5) is 0 Å². The highest BCUT2D eigenvalue weighted by Crippen LogP contribution is 2.37. The topological polar surface area (TPSA) is 37.3 Å². The Morgan fingerprint density at radius 2 is 1.74 bits per heavy atom. The maximum absolute atomic E-state index is 11.4. The zero-order valence-electron chi connectivity index (χ0n) is 9.72. The lowest BCUT2D eigenvalue weighted by atomic mass is 10.1. The van der Waals surface area contributed by atoms with E-state index in [1.807, 2.05) is 30.3 Å². The molecule has 0 fully saturated rings. The first-order valence-corrected chi connectivity index (χ1v) is 7.11. The summed E-state index contributed by atoms with van der Waals surface area (Å²) in [5.41, 5.74) is 0.621. The fraction of sp³-hybridized carbons (Fsp3) is 0.0714. The van der Waals surface area contributed by atoms with Crippen molar-refractivity contribution in [3.63, 3.8) is 0 Å². The van der Waals surface area contributed by atoms with Gasteiger partial charge in [0.1, 0.15) is 5.25 Å². The molecule has 0 saturated carbocycles. The molecule has 0 heterocycles. The van der Waals surface area contributed by atoms with Crippen molar-refractivity contribution in [2.75, 3.05) is 0 Å². The smallest absolute Gasteiger partial charge is 0.321 e. The minimum atomic E-state index is -0.910. The highest BCUT2D eigenvalue weighted by molar-refractivity contribution is 8.00. The molecule has 1 atom stereocenters. The van der Waals surface area contributed by atoms with Crippen molar-refractivity contribution >= 4 is 40.9 Å². The molecular formula is C14H10Cl2O2S. The number of carboxylic acid groups (broad SMARTS) is 1. The lowest BCUT2D eigenvalue weighted by Crippen LogP contribution is -2.07. The number of carbonyl (C=O) groups is 1. The predicted octanol–water partition coefficient (Wildman–Crippen LogP) is 4.91. The van der Waals surface area contributed by atoms with Gasteiger partial charge in [-0.15, -0.1) is 11.8 Å². The Balaban J connectivity index is 2.30. The van der Waals surface area contributed by atoms with Crippen LogP contribution in [-0.2, 0) is 4.79 Å². The molecule has 2 aromatic carbocycles. The normalized spacial score (nSPS) is 12.1. The molecule has 2 rings (SSSR count). The molecule has 2 nitrogen and oxygen atoms in total. The van der Waals surface area contributed by atoms with E-state index in [1.54, 1.807) is 18.2 Å². The molecule has 0 bridgehead atoms. The molecule has 0 amide bonds. The average Bonchev–Trinajstić information content (AvgIpc) is 2.40. The first-order chi connectivity index (χ1) is 9.08. The van der Waals surface area contributed by atoms with Gasteiger partial charge in [-0.3, -0.25) is 4.79 Å². The van der Waals surface area contributed by atoms with Gasteiger partial charge in [0, 0.05) is 4.90 Å². The van der Waals surface area contributed by atoms with E-state index in [1.165, 1.54) is 11.8 Å². The van der Waals surface area contributed by atoms with Gasteiger partial charge in [0.25, 0.3) is 0 Å². The maximum atomic E-state index is 11.4. The van der Waals surface area contributed by atoms with E-state index >= 15 is 0 Å². The van der Waals surface area contributed by atoms with E-state index in [2.05, 4.69) is 0 Å². The van der Waals surface area contributed by atoms with E-state index in [9.17, 15) is 9.90 Å². The van der Waals surface area contributed by atoms with E-state index in [0.717, 1.165) is 4.90 Å². The van der Waals surface area contributed by atoms with Crippen LogP contribution in [0.15, 0.2) is 53.4 Å². The number of hydrogen-bond acceptors (Lipinski definition) is 2. The summed E-state index contributed by atoms with van der Waals surface area (Å²) in [6, 6.07) is 14.3. The first kappa shape index (κ1) is 14.3. The third kappa shape index (κ3) is 3.66. The maximum Gasteiger partial charge on any atom is 0.321 e. The van der Waals surface area contributed by atoms with Crippen molar-refractivity contribution in [2.45, 2.75) is 10.1 Å². The van der Waals surface area contributed by atoms with Crippen molar-refractivity contribution in [3.05, 3.63) is 64.1 Å². The largest absolute Gasteiger partial charge is 0.480 e. The van der Waals surface area contributed by atoms with Gasteiger partial charge >= 0.3 is 5.97 Å². The summed E-state index contributed by atoms with van der Waals surface area (Å²) in [6.07, 6.45) is 0. The van der Waals surface area contributed by atoms with E-state index < -0.39 is 11.2 Å². The van der Waals surface area contributed by atoms with Gasteiger partial charge in [0.15, 0.2) is 0 Å². The third-order valence-corrected chi connectivity index (χ3v) is 4.46. The molecule has 0 spiro atoms. The molecule has 0 aliphatic heterocycles. The quantitative estimate of drug-likeness (QED) is 0.815. The monoisotopic (exact) mass is 312 g/mol. The minimum Gasteiger partial charge on any atom is -0.480 e. The number of hydrogen-bond donors (Lipinski definition) is 1. The molecule has 0 aliphatic carbocycles. The Morgan fingerprint density at radius 1 is 1.05 bits per heavy atom. The third-order valence-electron chi connectivity index (χ3n) is 2.47. The van der Waals surface area contributed by atoms with Gasteiger partial charge in [-0.1, -0.05) is 47.5 Å². The second kappa shape index (κ2) is 6.33. The second-order valence-electron chi connectivity index (χ2n) is 3.82. The van der Waals surface area contributed by atoms with Crippen LogP contribution in [0.1, 0.15) is 10.8 Å².